The van der Waals surface area contributed by atoms with Gasteiger partial charge in [-0.05, 0) is 30.7 Å². The molecule has 1 atom stereocenters. The Balaban J connectivity index is 2.16. The van der Waals surface area contributed by atoms with Gasteiger partial charge in [0.2, 0.25) is 0 Å². The van der Waals surface area contributed by atoms with Crippen molar-refractivity contribution in [2.75, 3.05) is 7.11 Å². The fraction of sp³-hybridized carbons (Fsp3) is 0.188. The van der Waals surface area contributed by atoms with Crippen molar-refractivity contribution in [1.29, 1.82) is 0 Å². The van der Waals surface area contributed by atoms with Crippen LogP contribution in [0.5, 0.6) is 11.5 Å². The lowest BCUT2D eigenvalue weighted by Crippen LogP contribution is -2.34. The minimum absolute atomic E-state index is 0.0798. The van der Waals surface area contributed by atoms with Gasteiger partial charge in [-0.25, -0.2) is 0 Å². The zero-order valence-electron chi connectivity index (χ0n) is 12.0. The second kappa shape index (κ2) is 6.26. The lowest BCUT2D eigenvalue weighted by Gasteiger charge is -2.15. The smallest absolute Gasteiger partial charge is 0.329 e. The summed E-state index contributed by atoms with van der Waals surface area (Å²) in [6.07, 6.45) is 3.63. The number of phenolic OH excluding ortho intramolecular Hbond substituents is 1. The number of carbonyl (C=O) groups is 3. The monoisotopic (exact) mass is 302 g/mol. The van der Waals surface area contributed by atoms with E-state index in [4.69, 9.17) is 9.47 Å². The van der Waals surface area contributed by atoms with E-state index >= 15 is 0 Å². The molecule has 0 spiro atoms. The molecule has 0 aromatic heterocycles. The van der Waals surface area contributed by atoms with Gasteiger partial charge >= 0.3 is 5.97 Å². The average molecular weight is 302 g/mol. The number of esters is 1. The molecule has 6 nitrogen and oxygen atoms in total. The number of phenols is 1. The Morgan fingerprint density at radius 1 is 1.36 bits per heavy atom. The maximum absolute atomic E-state index is 12.0. The van der Waals surface area contributed by atoms with E-state index in [1.807, 2.05) is 0 Å². The van der Waals surface area contributed by atoms with Gasteiger partial charge in [0.25, 0.3) is 0 Å². The number of aromatic hydroxyl groups is 1. The first-order valence-electron chi connectivity index (χ1n) is 6.45. The van der Waals surface area contributed by atoms with Gasteiger partial charge in [0.05, 0.1) is 7.11 Å². The predicted molar refractivity (Wildman–Crippen MR) is 77.0 cm³/mol. The zero-order chi connectivity index (χ0) is 16.3. The third-order valence-corrected chi connectivity index (χ3v) is 3.05. The largest absolute Gasteiger partial charge is 0.504 e. The number of carbonyl (C=O) groups excluding carboxylic acids is 3. The van der Waals surface area contributed by atoms with E-state index in [2.05, 4.69) is 0 Å². The van der Waals surface area contributed by atoms with Gasteiger partial charge < -0.3 is 14.6 Å². The molecule has 0 unspecified atom stereocenters. The SMILES string of the molecule is COc1ccc(/C=C/C(=O)[C@@H]2C(=O)C=C(C)OC2=O)cc1O. The molecule has 1 N–H and O–H groups in total. The second-order valence-electron chi connectivity index (χ2n) is 4.68. The molecule has 0 saturated carbocycles. The van der Waals surface area contributed by atoms with E-state index in [-0.39, 0.29) is 11.5 Å². The lowest BCUT2D eigenvalue weighted by atomic mass is 9.96. The van der Waals surface area contributed by atoms with Crippen molar-refractivity contribution in [3.63, 3.8) is 0 Å². The Morgan fingerprint density at radius 2 is 2.09 bits per heavy atom. The van der Waals surface area contributed by atoms with Crippen molar-refractivity contribution in [2.45, 2.75) is 6.92 Å². The van der Waals surface area contributed by atoms with Crippen LogP contribution in [0.4, 0.5) is 0 Å². The highest BCUT2D eigenvalue weighted by Crippen LogP contribution is 2.26. The first-order valence-corrected chi connectivity index (χ1v) is 6.45. The normalized spacial score (nSPS) is 18.1. The van der Waals surface area contributed by atoms with Gasteiger partial charge in [-0.3, -0.25) is 14.4 Å². The van der Waals surface area contributed by atoms with Crippen molar-refractivity contribution < 1.29 is 29.0 Å². The Hall–Kier alpha value is -2.89. The molecular formula is C16H14O6. The maximum Gasteiger partial charge on any atom is 0.329 e. The average Bonchev–Trinajstić information content (AvgIpc) is 2.44. The number of benzene rings is 1. The zero-order valence-corrected chi connectivity index (χ0v) is 12.0. The first kappa shape index (κ1) is 15.5. The molecule has 1 aromatic rings. The molecule has 114 valence electrons. The Bertz CT molecular complexity index is 699. The Kier molecular flexibility index (Phi) is 4.41. The molecule has 0 fully saturated rings. The highest BCUT2D eigenvalue weighted by molar-refractivity contribution is 6.25. The van der Waals surface area contributed by atoms with Crippen LogP contribution in [-0.2, 0) is 19.1 Å². The summed E-state index contributed by atoms with van der Waals surface area (Å²) < 4.78 is 9.69. The van der Waals surface area contributed by atoms with Crippen LogP contribution in [-0.4, -0.2) is 29.8 Å². The van der Waals surface area contributed by atoms with E-state index in [1.54, 1.807) is 6.07 Å². The molecule has 0 amide bonds. The molecule has 1 aromatic carbocycles. The van der Waals surface area contributed by atoms with Crippen LogP contribution in [0.1, 0.15) is 12.5 Å². The number of rotatable bonds is 4. The molecule has 0 aliphatic carbocycles. The fourth-order valence-corrected chi connectivity index (χ4v) is 1.99. The van der Waals surface area contributed by atoms with Crippen LogP contribution in [0.25, 0.3) is 6.08 Å². The van der Waals surface area contributed by atoms with Gasteiger partial charge in [-0.1, -0.05) is 12.1 Å². The summed E-state index contributed by atoms with van der Waals surface area (Å²) >= 11 is 0. The Labute approximate surface area is 126 Å². The second-order valence-corrected chi connectivity index (χ2v) is 4.68. The fourth-order valence-electron chi connectivity index (χ4n) is 1.99. The first-order chi connectivity index (χ1) is 10.4. The minimum atomic E-state index is -1.47. The van der Waals surface area contributed by atoms with Gasteiger partial charge in [0.15, 0.2) is 29.0 Å². The molecule has 6 heteroatoms. The quantitative estimate of drug-likeness (QED) is 0.516. The summed E-state index contributed by atoms with van der Waals surface area (Å²) in [6, 6.07) is 4.55. The number of ether oxygens (including phenoxy) is 2. The molecule has 0 bridgehead atoms. The van der Waals surface area contributed by atoms with Crippen molar-refractivity contribution in [1.82, 2.24) is 0 Å². The molecule has 1 aliphatic rings. The summed E-state index contributed by atoms with van der Waals surface area (Å²) in [4.78, 5) is 35.3. The number of methoxy groups -OCH3 is 1. The predicted octanol–water partition coefficient (Wildman–Crippen LogP) is 1.63. The van der Waals surface area contributed by atoms with Crippen molar-refractivity contribution in [3.05, 3.63) is 41.7 Å². The third-order valence-electron chi connectivity index (χ3n) is 3.05. The van der Waals surface area contributed by atoms with Crippen LogP contribution in [0, 0.1) is 5.92 Å². The number of hydrogen-bond acceptors (Lipinski definition) is 6. The third kappa shape index (κ3) is 3.22. The molecule has 2 rings (SSSR count). The van der Waals surface area contributed by atoms with Gasteiger partial charge in [-0.15, -0.1) is 0 Å². The van der Waals surface area contributed by atoms with Crippen LogP contribution >= 0.6 is 0 Å². The molecule has 0 radical (unpaired) electrons. The summed E-state index contributed by atoms with van der Waals surface area (Å²) in [5.74, 6) is -3.22. The minimum Gasteiger partial charge on any atom is -0.504 e. The van der Waals surface area contributed by atoms with Crippen LogP contribution < -0.4 is 4.74 Å². The molecular weight excluding hydrogens is 288 g/mol. The maximum atomic E-state index is 12.0. The van der Waals surface area contributed by atoms with Gasteiger partial charge in [-0.2, -0.15) is 0 Å². The van der Waals surface area contributed by atoms with Crippen LogP contribution in [0.3, 0.4) is 0 Å². The van der Waals surface area contributed by atoms with E-state index < -0.39 is 23.5 Å². The van der Waals surface area contributed by atoms with E-state index in [1.165, 1.54) is 32.2 Å². The van der Waals surface area contributed by atoms with E-state index in [0.717, 1.165) is 12.2 Å². The molecule has 22 heavy (non-hydrogen) atoms. The molecule has 1 heterocycles. The lowest BCUT2D eigenvalue weighted by molar-refractivity contribution is -0.151. The summed E-state index contributed by atoms with van der Waals surface area (Å²) in [7, 11) is 1.42. The van der Waals surface area contributed by atoms with Gasteiger partial charge in [0.1, 0.15) is 5.76 Å². The standard InChI is InChI=1S/C16H14O6/c1-9-7-13(19)15(16(20)22-9)11(17)5-3-10-4-6-14(21-2)12(18)8-10/h3-8,15,18H,1-2H3/b5-3+/t15-/m1/s1. The van der Waals surface area contributed by atoms with E-state index in [0.29, 0.717) is 11.3 Å². The molecule has 0 saturated heterocycles. The van der Waals surface area contributed by atoms with Crippen molar-refractivity contribution in [2.24, 2.45) is 5.92 Å². The number of cyclic esters (lactones) is 1. The number of allylic oxidation sites excluding steroid dienone is 3. The topological polar surface area (TPSA) is 89.9 Å². The van der Waals surface area contributed by atoms with Crippen molar-refractivity contribution >= 4 is 23.6 Å². The Morgan fingerprint density at radius 3 is 2.68 bits per heavy atom. The van der Waals surface area contributed by atoms with E-state index in [9.17, 15) is 19.5 Å². The highest BCUT2D eigenvalue weighted by atomic mass is 16.5. The van der Waals surface area contributed by atoms with Crippen molar-refractivity contribution in [3.8, 4) is 11.5 Å². The summed E-state index contributed by atoms with van der Waals surface area (Å²) in [5, 5.41) is 9.64. The summed E-state index contributed by atoms with van der Waals surface area (Å²) in [5.41, 5.74) is 0.523. The van der Waals surface area contributed by atoms with Gasteiger partial charge in [0, 0.05) is 6.08 Å². The highest BCUT2D eigenvalue weighted by Gasteiger charge is 2.36. The number of hydrogen-bond donors (Lipinski definition) is 1. The summed E-state index contributed by atoms with van der Waals surface area (Å²) in [6.45, 7) is 1.46. The number of ketones is 2. The van der Waals surface area contributed by atoms with Crippen LogP contribution in [0.15, 0.2) is 36.1 Å². The molecule has 1 aliphatic heterocycles. The van der Waals surface area contributed by atoms with Crippen LogP contribution in [0.2, 0.25) is 0 Å².